The molecule has 5 atom stereocenters. The Morgan fingerprint density at radius 2 is 1.89 bits per heavy atom. The highest BCUT2D eigenvalue weighted by atomic mass is 35.5. The largest absolute Gasteiger partial charge is 0.368 e. The first-order chi connectivity index (χ1) is 13.3. The summed E-state index contributed by atoms with van der Waals surface area (Å²) in [7, 11) is 0. The van der Waals surface area contributed by atoms with Crippen LogP contribution in [-0.2, 0) is 14.3 Å². The fourth-order valence-electron chi connectivity index (χ4n) is 5.19. The third-order valence-electron chi connectivity index (χ3n) is 6.52. The minimum Gasteiger partial charge on any atom is -0.368 e. The first-order valence-corrected chi connectivity index (χ1v) is 10.7. The highest BCUT2D eigenvalue weighted by Gasteiger charge is 2.69. The van der Waals surface area contributed by atoms with Crippen LogP contribution >= 0.6 is 11.6 Å². The van der Waals surface area contributed by atoms with Crippen LogP contribution in [0, 0.1) is 0 Å². The molecule has 5 rings (SSSR count). The number of carbonyl (C=O) groups is 2. The molecule has 1 heterocycles. The minimum atomic E-state index is -1.07. The standard InChI is InChI=1S/C19H30ClFN4O3/c1-11-5-22-6-15(23-11)17(27)25-19-8-18(9-19,10-19)24-16(26)7-28-12-2-3-13(20)14(21)4-12/h11-15,22-23H,2-10H2,1H3,(H,24,26)(H,25,27). The van der Waals surface area contributed by atoms with Crippen LogP contribution in [0.1, 0.15) is 45.4 Å². The second kappa shape index (κ2) is 7.70. The first kappa shape index (κ1) is 20.3. The minimum absolute atomic E-state index is 0.0256. The maximum atomic E-state index is 13.6. The second-order valence-electron chi connectivity index (χ2n) is 9.19. The van der Waals surface area contributed by atoms with Gasteiger partial charge in [-0.2, -0.15) is 0 Å². The van der Waals surface area contributed by atoms with Crippen molar-refractivity contribution in [1.82, 2.24) is 21.3 Å². The zero-order chi connectivity index (χ0) is 19.9. The number of nitrogens with one attached hydrogen (secondary N) is 4. The number of amides is 2. The molecule has 7 nitrogen and oxygen atoms in total. The van der Waals surface area contributed by atoms with Gasteiger partial charge in [0.2, 0.25) is 11.8 Å². The number of alkyl halides is 2. The van der Waals surface area contributed by atoms with E-state index in [1.165, 1.54) is 0 Å². The summed E-state index contributed by atoms with van der Waals surface area (Å²) in [6.45, 7) is 3.50. The molecule has 2 amide bonds. The molecule has 5 fully saturated rings. The lowest BCUT2D eigenvalue weighted by Gasteiger charge is -2.70. The van der Waals surface area contributed by atoms with Gasteiger partial charge in [0.25, 0.3) is 0 Å². The van der Waals surface area contributed by atoms with Crippen LogP contribution in [0.3, 0.4) is 0 Å². The van der Waals surface area contributed by atoms with Gasteiger partial charge < -0.3 is 26.0 Å². The van der Waals surface area contributed by atoms with E-state index in [9.17, 15) is 14.0 Å². The van der Waals surface area contributed by atoms with E-state index in [0.717, 1.165) is 25.8 Å². The molecular weight excluding hydrogens is 387 g/mol. The van der Waals surface area contributed by atoms with Crippen molar-refractivity contribution >= 4 is 23.4 Å². The van der Waals surface area contributed by atoms with Crippen molar-refractivity contribution < 1.29 is 18.7 Å². The van der Waals surface area contributed by atoms with Gasteiger partial charge in [0.05, 0.1) is 17.5 Å². The molecule has 0 radical (unpaired) electrons. The molecule has 1 aliphatic heterocycles. The average Bonchev–Trinajstić information content (AvgIpc) is 2.59. The summed E-state index contributed by atoms with van der Waals surface area (Å²) in [4.78, 5) is 24.7. The highest BCUT2D eigenvalue weighted by molar-refractivity contribution is 6.21. The van der Waals surface area contributed by atoms with Gasteiger partial charge >= 0.3 is 0 Å². The Morgan fingerprint density at radius 3 is 2.57 bits per heavy atom. The lowest BCUT2D eigenvalue weighted by atomic mass is 9.44. The maximum absolute atomic E-state index is 13.6. The molecule has 0 aromatic heterocycles. The Bertz CT molecular complexity index is 617. The number of piperazine rings is 1. The predicted molar refractivity (Wildman–Crippen MR) is 103 cm³/mol. The molecule has 28 heavy (non-hydrogen) atoms. The fourth-order valence-corrected chi connectivity index (χ4v) is 5.42. The van der Waals surface area contributed by atoms with Gasteiger partial charge in [0, 0.05) is 36.6 Å². The summed E-state index contributed by atoms with van der Waals surface area (Å²) in [5.41, 5.74) is -0.385. The number of hydrogen-bond donors (Lipinski definition) is 4. The van der Waals surface area contributed by atoms with E-state index < -0.39 is 11.5 Å². The van der Waals surface area contributed by atoms with Gasteiger partial charge in [0.1, 0.15) is 12.8 Å². The van der Waals surface area contributed by atoms with Crippen LogP contribution in [0.5, 0.6) is 0 Å². The van der Waals surface area contributed by atoms with Crippen molar-refractivity contribution in [2.75, 3.05) is 19.7 Å². The van der Waals surface area contributed by atoms with E-state index in [4.69, 9.17) is 16.3 Å². The van der Waals surface area contributed by atoms with E-state index >= 15 is 0 Å². The van der Waals surface area contributed by atoms with Gasteiger partial charge in [-0.1, -0.05) is 0 Å². The van der Waals surface area contributed by atoms with E-state index in [1.807, 2.05) is 0 Å². The van der Waals surface area contributed by atoms with Crippen LogP contribution < -0.4 is 21.3 Å². The van der Waals surface area contributed by atoms with Gasteiger partial charge in [-0.15, -0.1) is 11.6 Å². The van der Waals surface area contributed by atoms with Crippen LogP contribution in [0.4, 0.5) is 4.39 Å². The zero-order valence-electron chi connectivity index (χ0n) is 16.2. The molecule has 9 heteroatoms. The maximum Gasteiger partial charge on any atom is 0.246 e. The van der Waals surface area contributed by atoms with Crippen LogP contribution in [0.25, 0.3) is 0 Å². The van der Waals surface area contributed by atoms with Crippen molar-refractivity contribution in [2.24, 2.45) is 0 Å². The molecule has 5 aliphatic rings. The molecule has 2 bridgehead atoms. The quantitative estimate of drug-likeness (QED) is 0.469. The summed E-state index contributed by atoms with van der Waals surface area (Å²) in [6.07, 6.45) is 2.49. The van der Waals surface area contributed by atoms with Gasteiger partial charge in [-0.3, -0.25) is 9.59 Å². The van der Waals surface area contributed by atoms with Crippen LogP contribution in [-0.4, -0.2) is 72.3 Å². The summed E-state index contributed by atoms with van der Waals surface area (Å²) in [6, 6.07) is 0.0643. The molecule has 158 valence electrons. The average molecular weight is 417 g/mol. The van der Waals surface area contributed by atoms with Crippen molar-refractivity contribution in [3.8, 4) is 0 Å². The van der Waals surface area contributed by atoms with Crippen molar-refractivity contribution in [2.45, 2.75) is 86.3 Å². The molecular formula is C19H30ClFN4O3. The Kier molecular flexibility index (Phi) is 5.59. The zero-order valence-corrected chi connectivity index (χ0v) is 17.0. The topological polar surface area (TPSA) is 91.5 Å². The van der Waals surface area contributed by atoms with Crippen LogP contribution in [0.2, 0.25) is 0 Å². The number of ether oxygens (including phenoxy) is 1. The van der Waals surface area contributed by atoms with E-state index in [-0.39, 0.29) is 54.1 Å². The summed E-state index contributed by atoms with van der Waals surface area (Å²) in [5, 5.41) is 12.3. The fraction of sp³-hybridized carbons (Fsp3) is 0.895. The summed E-state index contributed by atoms with van der Waals surface area (Å²) >= 11 is 5.87. The van der Waals surface area contributed by atoms with Crippen LogP contribution in [0.15, 0.2) is 0 Å². The number of halogens is 2. The summed E-state index contributed by atoms with van der Waals surface area (Å²) in [5.74, 6) is -0.146. The van der Waals surface area contributed by atoms with Gasteiger partial charge in [-0.25, -0.2) is 4.39 Å². The number of carbonyl (C=O) groups excluding carboxylic acids is 2. The second-order valence-corrected chi connectivity index (χ2v) is 9.75. The number of hydrogen-bond acceptors (Lipinski definition) is 5. The number of rotatable bonds is 6. The van der Waals surface area contributed by atoms with Crippen molar-refractivity contribution in [1.29, 1.82) is 0 Å². The molecule has 0 spiro atoms. The molecule has 5 unspecified atom stereocenters. The third-order valence-corrected chi connectivity index (χ3v) is 7.01. The molecule has 4 N–H and O–H groups in total. The highest BCUT2D eigenvalue weighted by Crippen LogP contribution is 2.60. The SMILES string of the molecule is CC1CNCC(C(=O)NC23CC(NC(=O)COC4CCC(Cl)C(F)C4)(C2)C3)N1. The normalized spacial score (nSPS) is 44.8. The Labute approximate surface area is 169 Å². The predicted octanol–water partition coefficient (Wildman–Crippen LogP) is 0.358. The van der Waals surface area contributed by atoms with Gasteiger partial charge in [-0.05, 0) is 39.0 Å². The summed E-state index contributed by atoms with van der Waals surface area (Å²) < 4.78 is 19.2. The van der Waals surface area contributed by atoms with E-state index in [0.29, 0.717) is 19.4 Å². The van der Waals surface area contributed by atoms with E-state index in [1.54, 1.807) is 0 Å². The van der Waals surface area contributed by atoms with Gasteiger partial charge in [0.15, 0.2) is 0 Å². The Balaban J connectivity index is 1.15. The Hall–Kier alpha value is -0.960. The van der Waals surface area contributed by atoms with E-state index in [2.05, 4.69) is 28.2 Å². The monoisotopic (exact) mass is 416 g/mol. The Morgan fingerprint density at radius 1 is 1.18 bits per heavy atom. The third kappa shape index (κ3) is 4.15. The molecule has 4 aliphatic carbocycles. The lowest BCUT2D eigenvalue weighted by Crippen LogP contribution is -2.84. The molecule has 1 saturated heterocycles. The first-order valence-electron chi connectivity index (χ1n) is 10.3. The lowest BCUT2D eigenvalue weighted by molar-refractivity contribution is -0.154. The van der Waals surface area contributed by atoms with Crippen molar-refractivity contribution in [3.63, 3.8) is 0 Å². The molecule has 0 aromatic rings. The molecule has 4 saturated carbocycles. The smallest absolute Gasteiger partial charge is 0.246 e. The molecule has 0 aromatic carbocycles. The van der Waals surface area contributed by atoms with Crippen molar-refractivity contribution in [3.05, 3.63) is 0 Å².